The number of hydrogen-bond donors (Lipinski definition) is 1. The highest BCUT2D eigenvalue weighted by molar-refractivity contribution is 7.91. The highest BCUT2D eigenvalue weighted by atomic mass is 32.2. The van der Waals surface area contributed by atoms with Gasteiger partial charge in [0.25, 0.3) is 0 Å². The molecule has 0 aliphatic carbocycles. The minimum absolute atomic E-state index is 0.0153. The Balaban J connectivity index is 2.16. The molecule has 2 aromatic carbocycles. The van der Waals surface area contributed by atoms with Crippen molar-refractivity contribution in [3.8, 4) is 17.2 Å². The summed E-state index contributed by atoms with van der Waals surface area (Å²) >= 11 is 0. The molecule has 0 saturated carbocycles. The molecule has 0 fully saturated rings. The molecule has 12 heteroatoms. The molecule has 1 aromatic heterocycles. The van der Waals surface area contributed by atoms with E-state index >= 15 is 0 Å². The van der Waals surface area contributed by atoms with Crippen LogP contribution in [0.25, 0.3) is 10.9 Å². The first kappa shape index (κ1) is 24.4. The summed E-state index contributed by atoms with van der Waals surface area (Å²) in [6.07, 6.45) is -5.50. The molecule has 1 atom stereocenters. The normalized spacial score (nSPS) is 12.9. The first-order valence-corrected chi connectivity index (χ1v) is 11.4. The van der Waals surface area contributed by atoms with Crippen LogP contribution in [0.3, 0.4) is 0 Å². The average Bonchev–Trinajstić information content (AvgIpc) is 2.78. The van der Waals surface area contributed by atoms with E-state index < -0.39 is 22.1 Å². The van der Waals surface area contributed by atoms with Crippen LogP contribution >= 0.6 is 0 Å². The summed E-state index contributed by atoms with van der Waals surface area (Å²) in [5.74, 6) is 0.610. The number of alkyl halides is 3. The van der Waals surface area contributed by atoms with Crippen LogP contribution in [0.15, 0.2) is 41.6 Å². The quantitative estimate of drug-likeness (QED) is 0.498. The Morgan fingerprint density at radius 3 is 2.39 bits per heavy atom. The van der Waals surface area contributed by atoms with Gasteiger partial charge in [0, 0.05) is 12.1 Å². The number of nitrogens with zero attached hydrogens (tertiary/aromatic N) is 2. The van der Waals surface area contributed by atoms with Crippen LogP contribution in [0.5, 0.6) is 17.2 Å². The molecule has 0 aliphatic rings. The number of sulfone groups is 1. The van der Waals surface area contributed by atoms with Gasteiger partial charge in [-0.2, -0.15) is 13.2 Å². The van der Waals surface area contributed by atoms with Crippen LogP contribution in [0.4, 0.5) is 24.7 Å². The number of hydrogen-bond acceptors (Lipinski definition) is 8. The summed E-state index contributed by atoms with van der Waals surface area (Å²) in [5, 5.41) is 3.31. The molecule has 0 saturated heterocycles. The second-order valence-electron chi connectivity index (χ2n) is 6.93. The topological polar surface area (TPSA) is 99.6 Å². The highest BCUT2D eigenvalue weighted by Crippen LogP contribution is 2.38. The average molecular weight is 485 g/mol. The van der Waals surface area contributed by atoms with Gasteiger partial charge in [-0.25, -0.2) is 18.4 Å². The first-order chi connectivity index (χ1) is 15.5. The number of anilines is 2. The molecule has 8 nitrogen and oxygen atoms in total. The largest absolute Gasteiger partial charge is 0.497 e. The SMILES string of the molecule is CCS(=O)(=O)c1ccc(OC(C)C(F)(F)F)c(Nc2ncnc3cc(OC)cc(OC)c23)c1. The third kappa shape index (κ3) is 5.21. The molecule has 1 unspecified atom stereocenters. The third-order valence-electron chi connectivity index (χ3n) is 4.84. The van der Waals surface area contributed by atoms with Gasteiger partial charge in [0.1, 0.15) is 29.4 Å². The number of nitrogens with one attached hydrogen (secondary N) is 1. The van der Waals surface area contributed by atoms with Crippen molar-refractivity contribution in [2.45, 2.75) is 31.0 Å². The first-order valence-electron chi connectivity index (χ1n) is 9.74. The van der Waals surface area contributed by atoms with Crippen molar-refractivity contribution < 1.29 is 35.8 Å². The maximum atomic E-state index is 13.1. The fraction of sp³-hybridized carbons (Fsp3) is 0.333. The van der Waals surface area contributed by atoms with Crippen LogP contribution in [-0.4, -0.2) is 50.6 Å². The van der Waals surface area contributed by atoms with Crippen LogP contribution in [0, 0.1) is 0 Å². The summed E-state index contributed by atoms with van der Waals surface area (Å²) in [6.45, 7) is 2.32. The van der Waals surface area contributed by atoms with E-state index in [-0.39, 0.29) is 27.9 Å². The molecule has 0 aliphatic heterocycles. The van der Waals surface area contributed by atoms with Gasteiger partial charge in [-0.1, -0.05) is 6.92 Å². The van der Waals surface area contributed by atoms with Crippen molar-refractivity contribution in [3.05, 3.63) is 36.7 Å². The van der Waals surface area contributed by atoms with E-state index in [2.05, 4.69) is 15.3 Å². The van der Waals surface area contributed by atoms with Gasteiger partial charge in [0.05, 0.1) is 41.5 Å². The molecule has 0 spiro atoms. The van der Waals surface area contributed by atoms with Crippen LogP contribution in [0.2, 0.25) is 0 Å². The lowest BCUT2D eigenvalue weighted by Crippen LogP contribution is -2.31. The summed E-state index contributed by atoms with van der Waals surface area (Å²) in [4.78, 5) is 8.29. The molecule has 178 valence electrons. The van der Waals surface area contributed by atoms with E-state index in [1.165, 1.54) is 45.7 Å². The second kappa shape index (κ2) is 9.30. The van der Waals surface area contributed by atoms with Crippen molar-refractivity contribution in [3.63, 3.8) is 0 Å². The monoisotopic (exact) mass is 485 g/mol. The van der Waals surface area contributed by atoms with Gasteiger partial charge in [-0.05, 0) is 25.1 Å². The van der Waals surface area contributed by atoms with Gasteiger partial charge in [0.15, 0.2) is 15.9 Å². The zero-order chi connectivity index (χ0) is 24.4. The number of methoxy groups -OCH3 is 2. The molecule has 1 N–H and O–H groups in total. The molecule has 33 heavy (non-hydrogen) atoms. The van der Waals surface area contributed by atoms with E-state index in [4.69, 9.17) is 14.2 Å². The van der Waals surface area contributed by atoms with E-state index in [9.17, 15) is 21.6 Å². The number of ether oxygens (including phenoxy) is 3. The van der Waals surface area contributed by atoms with Crippen LogP contribution in [-0.2, 0) is 9.84 Å². The Morgan fingerprint density at radius 2 is 1.79 bits per heavy atom. The van der Waals surface area contributed by atoms with Crippen molar-refractivity contribution >= 4 is 32.2 Å². The van der Waals surface area contributed by atoms with E-state index in [1.54, 1.807) is 12.1 Å². The smallest absolute Gasteiger partial charge is 0.425 e. The predicted molar refractivity (Wildman–Crippen MR) is 116 cm³/mol. The number of rotatable bonds is 8. The fourth-order valence-electron chi connectivity index (χ4n) is 2.96. The van der Waals surface area contributed by atoms with Crippen molar-refractivity contribution in [1.29, 1.82) is 0 Å². The minimum atomic E-state index is -4.62. The van der Waals surface area contributed by atoms with Crippen molar-refractivity contribution in [2.24, 2.45) is 0 Å². The Kier molecular flexibility index (Phi) is 6.86. The molecular formula is C21H22F3N3O5S. The molecule has 1 heterocycles. The fourth-order valence-corrected chi connectivity index (χ4v) is 3.86. The lowest BCUT2D eigenvalue weighted by molar-refractivity contribution is -0.189. The van der Waals surface area contributed by atoms with Crippen LogP contribution < -0.4 is 19.5 Å². The number of aromatic nitrogens is 2. The van der Waals surface area contributed by atoms with E-state index in [0.717, 1.165) is 6.92 Å². The van der Waals surface area contributed by atoms with Gasteiger partial charge in [0.2, 0.25) is 0 Å². The van der Waals surface area contributed by atoms with Gasteiger partial charge >= 0.3 is 6.18 Å². The molecule has 0 bridgehead atoms. The number of fused-ring (bicyclic) bond motifs is 1. The Morgan fingerprint density at radius 1 is 1.06 bits per heavy atom. The third-order valence-corrected chi connectivity index (χ3v) is 6.57. The lowest BCUT2D eigenvalue weighted by Gasteiger charge is -2.21. The molecule has 0 amide bonds. The highest BCUT2D eigenvalue weighted by Gasteiger charge is 2.38. The van der Waals surface area contributed by atoms with E-state index in [1.807, 2.05) is 0 Å². The maximum absolute atomic E-state index is 13.1. The summed E-state index contributed by atoms with van der Waals surface area (Å²) in [6, 6.07) is 6.81. The van der Waals surface area contributed by atoms with Gasteiger partial charge in [-0.3, -0.25) is 0 Å². The number of halogens is 3. The van der Waals surface area contributed by atoms with E-state index in [0.29, 0.717) is 22.4 Å². The Labute approximate surface area is 188 Å². The maximum Gasteiger partial charge on any atom is 0.425 e. The Bertz CT molecular complexity index is 1270. The number of benzene rings is 2. The molecular weight excluding hydrogens is 463 g/mol. The zero-order valence-corrected chi connectivity index (χ0v) is 19.0. The standard InChI is InChI=1S/C21H22F3N3O5S/c1-5-33(28,29)14-6-7-17(32-12(2)21(22,23)24)15(10-14)27-20-19-16(25-11-26-20)8-13(30-3)9-18(19)31-4/h6-12H,5H2,1-4H3,(H,25,26,27). The van der Waals surface area contributed by atoms with Crippen molar-refractivity contribution in [2.75, 3.05) is 25.3 Å². The molecule has 0 radical (unpaired) electrons. The zero-order valence-electron chi connectivity index (χ0n) is 18.2. The van der Waals surface area contributed by atoms with Gasteiger partial charge < -0.3 is 19.5 Å². The summed E-state index contributed by atoms with van der Waals surface area (Å²) in [7, 11) is -0.735. The second-order valence-corrected chi connectivity index (χ2v) is 9.21. The minimum Gasteiger partial charge on any atom is -0.497 e. The Hall–Kier alpha value is -3.28. The lowest BCUT2D eigenvalue weighted by atomic mass is 10.2. The molecule has 3 aromatic rings. The van der Waals surface area contributed by atoms with Crippen LogP contribution in [0.1, 0.15) is 13.8 Å². The van der Waals surface area contributed by atoms with Gasteiger partial charge in [-0.15, -0.1) is 0 Å². The molecule has 3 rings (SSSR count). The van der Waals surface area contributed by atoms with Crippen molar-refractivity contribution in [1.82, 2.24) is 9.97 Å². The summed E-state index contributed by atoms with van der Waals surface area (Å²) < 4.78 is 79.8. The predicted octanol–water partition coefficient (Wildman–Crippen LogP) is 4.51. The summed E-state index contributed by atoms with van der Waals surface area (Å²) in [5.41, 5.74) is 0.422.